The lowest BCUT2D eigenvalue weighted by molar-refractivity contribution is -0.130. The Hall–Kier alpha value is -2.80. The van der Waals surface area contributed by atoms with Crippen LogP contribution < -0.4 is 15.5 Å². The van der Waals surface area contributed by atoms with E-state index in [4.69, 9.17) is 11.6 Å². The molecule has 1 aliphatic rings. The highest BCUT2D eigenvalue weighted by atomic mass is 35.5. The highest BCUT2D eigenvalue weighted by Gasteiger charge is 2.21. The van der Waals surface area contributed by atoms with E-state index in [1.54, 1.807) is 13.1 Å². The fraction of sp³-hybridized carbons (Fsp3) is 0.333. The first kappa shape index (κ1) is 20.9. The van der Waals surface area contributed by atoms with Crippen molar-refractivity contribution in [3.8, 4) is 0 Å². The highest BCUT2D eigenvalue weighted by Crippen LogP contribution is 2.19. The summed E-state index contributed by atoms with van der Waals surface area (Å²) in [6.45, 7) is 3.46. The summed E-state index contributed by atoms with van der Waals surface area (Å²) >= 11 is 5.94. The summed E-state index contributed by atoms with van der Waals surface area (Å²) in [6.07, 6.45) is 0. The molecule has 0 atom stereocenters. The van der Waals surface area contributed by atoms with Gasteiger partial charge in [-0.15, -0.1) is 0 Å². The number of guanidine groups is 1. The number of nitrogens with one attached hydrogen (secondary N) is 2. The molecule has 1 fully saturated rings. The van der Waals surface area contributed by atoms with E-state index in [0.29, 0.717) is 30.6 Å². The van der Waals surface area contributed by atoms with Crippen LogP contribution in [0.1, 0.15) is 5.56 Å². The fourth-order valence-electron chi connectivity index (χ4n) is 3.19. The van der Waals surface area contributed by atoms with Crippen molar-refractivity contribution in [1.82, 2.24) is 15.5 Å². The van der Waals surface area contributed by atoms with Gasteiger partial charge in [0.05, 0.1) is 6.54 Å². The van der Waals surface area contributed by atoms with Gasteiger partial charge < -0.3 is 20.4 Å². The molecule has 8 heteroatoms. The van der Waals surface area contributed by atoms with Gasteiger partial charge in [-0.05, 0) is 42.0 Å². The Kier molecular flexibility index (Phi) is 7.30. The third-order valence-corrected chi connectivity index (χ3v) is 5.06. The zero-order valence-electron chi connectivity index (χ0n) is 16.4. The van der Waals surface area contributed by atoms with Crippen molar-refractivity contribution in [3.05, 3.63) is 64.9 Å². The van der Waals surface area contributed by atoms with Gasteiger partial charge in [-0.2, -0.15) is 0 Å². The molecule has 29 heavy (non-hydrogen) atoms. The molecule has 3 rings (SSSR count). The summed E-state index contributed by atoms with van der Waals surface area (Å²) in [6, 6.07) is 14.1. The number of hydrogen-bond donors (Lipinski definition) is 2. The predicted octanol–water partition coefficient (Wildman–Crippen LogP) is 2.49. The van der Waals surface area contributed by atoms with E-state index < -0.39 is 0 Å². The van der Waals surface area contributed by atoms with E-state index in [0.717, 1.165) is 24.3 Å². The highest BCUT2D eigenvalue weighted by molar-refractivity contribution is 6.30. The molecule has 0 aliphatic carbocycles. The summed E-state index contributed by atoms with van der Waals surface area (Å²) < 4.78 is 13.3. The van der Waals surface area contributed by atoms with Gasteiger partial charge >= 0.3 is 0 Å². The average Bonchev–Trinajstić information content (AvgIpc) is 2.74. The Balaban J connectivity index is 1.42. The number of amides is 1. The maximum absolute atomic E-state index is 13.3. The Morgan fingerprint density at radius 3 is 2.48 bits per heavy atom. The number of benzene rings is 2. The van der Waals surface area contributed by atoms with Crippen LogP contribution in [0.15, 0.2) is 53.5 Å². The summed E-state index contributed by atoms with van der Waals surface area (Å²) in [5.74, 6) is 0.247. The molecule has 0 unspecified atom stereocenters. The zero-order chi connectivity index (χ0) is 20.6. The molecule has 154 valence electrons. The van der Waals surface area contributed by atoms with Gasteiger partial charge in [-0.1, -0.05) is 23.7 Å². The van der Waals surface area contributed by atoms with Gasteiger partial charge in [0.1, 0.15) is 5.82 Å². The first-order valence-electron chi connectivity index (χ1n) is 9.52. The van der Waals surface area contributed by atoms with E-state index >= 15 is 0 Å². The number of carbonyl (C=O) groups excluding carboxylic acids is 1. The molecule has 2 N–H and O–H groups in total. The average molecular weight is 418 g/mol. The van der Waals surface area contributed by atoms with Crippen molar-refractivity contribution in [2.24, 2.45) is 4.99 Å². The van der Waals surface area contributed by atoms with Crippen LogP contribution in [0, 0.1) is 5.82 Å². The van der Waals surface area contributed by atoms with Crippen LogP contribution in [0.4, 0.5) is 10.1 Å². The number of piperazine rings is 1. The molecule has 6 nitrogen and oxygen atoms in total. The van der Waals surface area contributed by atoms with E-state index in [1.807, 2.05) is 35.2 Å². The van der Waals surface area contributed by atoms with Crippen molar-refractivity contribution in [1.29, 1.82) is 0 Å². The molecule has 0 saturated carbocycles. The SMILES string of the molecule is CN=C(NCC(=O)N1CCN(c2ccc(Cl)cc2)CC1)NCc1cccc(F)c1. The monoisotopic (exact) mass is 417 g/mol. The molecule has 1 amide bonds. The number of nitrogens with zero attached hydrogens (tertiary/aromatic N) is 3. The Morgan fingerprint density at radius 1 is 1.10 bits per heavy atom. The number of hydrogen-bond acceptors (Lipinski definition) is 3. The molecular weight excluding hydrogens is 393 g/mol. The second-order valence-electron chi connectivity index (χ2n) is 6.75. The standard InChI is InChI=1S/C21H25ClFN5O/c1-24-21(25-14-16-3-2-4-18(23)13-16)26-15-20(29)28-11-9-27(10-12-28)19-7-5-17(22)6-8-19/h2-8,13H,9-12,14-15H2,1H3,(H2,24,25,26). The minimum Gasteiger partial charge on any atom is -0.368 e. The van der Waals surface area contributed by atoms with Gasteiger partial charge in [-0.3, -0.25) is 9.79 Å². The number of aliphatic imine (C=N–C) groups is 1. The van der Waals surface area contributed by atoms with Crippen LogP contribution in [0.2, 0.25) is 5.02 Å². The van der Waals surface area contributed by atoms with Crippen LogP contribution >= 0.6 is 11.6 Å². The zero-order valence-corrected chi connectivity index (χ0v) is 17.1. The summed E-state index contributed by atoms with van der Waals surface area (Å²) in [4.78, 5) is 20.7. The Labute approximate surface area is 175 Å². The molecule has 0 spiro atoms. The topological polar surface area (TPSA) is 60.0 Å². The number of rotatable bonds is 5. The quantitative estimate of drug-likeness (QED) is 0.579. The predicted molar refractivity (Wildman–Crippen MR) is 115 cm³/mol. The lowest BCUT2D eigenvalue weighted by Crippen LogP contribution is -2.52. The van der Waals surface area contributed by atoms with Crippen molar-refractivity contribution in [2.75, 3.05) is 44.7 Å². The molecule has 0 bridgehead atoms. The van der Waals surface area contributed by atoms with Crippen LogP contribution in [0.5, 0.6) is 0 Å². The van der Waals surface area contributed by atoms with Crippen LogP contribution in [-0.2, 0) is 11.3 Å². The molecule has 2 aromatic carbocycles. The number of carbonyl (C=O) groups is 1. The van der Waals surface area contributed by atoms with Gasteiger partial charge in [-0.25, -0.2) is 4.39 Å². The lowest BCUT2D eigenvalue weighted by Gasteiger charge is -2.36. The maximum Gasteiger partial charge on any atom is 0.242 e. The Bertz CT molecular complexity index is 850. The van der Waals surface area contributed by atoms with E-state index in [2.05, 4.69) is 20.5 Å². The second kappa shape index (κ2) is 10.1. The van der Waals surface area contributed by atoms with Crippen molar-refractivity contribution in [3.63, 3.8) is 0 Å². The molecule has 1 heterocycles. The van der Waals surface area contributed by atoms with Crippen molar-refractivity contribution < 1.29 is 9.18 Å². The molecule has 0 radical (unpaired) electrons. The summed E-state index contributed by atoms with van der Waals surface area (Å²) in [5, 5.41) is 6.83. The van der Waals surface area contributed by atoms with Crippen molar-refractivity contribution in [2.45, 2.75) is 6.54 Å². The van der Waals surface area contributed by atoms with Gasteiger partial charge in [0.15, 0.2) is 5.96 Å². The first-order valence-corrected chi connectivity index (χ1v) is 9.90. The van der Waals surface area contributed by atoms with E-state index in [9.17, 15) is 9.18 Å². The summed E-state index contributed by atoms with van der Waals surface area (Å²) in [7, 11) is 1.64. The first-order chi connectivity index (χ1) is 14.0. The van der Waals surface area contributed by atoms with Gasteiger partial charge in [0, 0.05) is 50.5 Å². The van der Waals surface area contributed by atoms with Crippen molar-refractivity contribution >= 4 is 29.2 Å². The van der Waals surface area contributed by atoms with Gasteiger partial charge in [0.2, 0.25) is 5.91 Å². The Morgan fingerprint density at radius 2 is 1.83 bits per heavy atom. The number of halogens is 2. The molecule has 2 aromatic rings. The van der Waals surface area contributed by atoms with E-state index in [1.165, 1.54) is 12.1 Å². The third-order valence-electron chi connectivity index (χ3n) is 4.80. The largest absolute Gasteiger partial charge is 0.368 e. The number of anilines is 1. The normalized spacial score (nSPS) is 14.7. The van der Waals surface area contributed by atoms with Gasteiger partial charge in [0.25, 0.3) is 0 Å². The van der Waals surface area contributed by atoms with Crippen LogP contribution in [0.3, 0.4) is 0 Å². The molecular formula is C21H25ClFN5O. The smallest absolute Gasteiger partial charge is 0.242 e. The molecule has 1 saturated heterocycles. The van der Waals surface area contributed by atoms with Crippen LogP contribution in [0.25, 0.3) is 0 Å². The summed E-state index contributed by atoms with van der Waals surface area (Å²) in [5.41, 5.74) is 1.92. The third kappa shape index (κ3) is 6.09. The van der Waals surface area contributed by atoms with Crippen LogP contribution in [-0.4, -0.2) is 56.5 Å². The molecule has 1 aliphatic heterocycles. The minimum atomic E-state index is -0.278. The van der Waals surface area contributed by atoms with E-state index in [-0.39, 0.29) is 18.3 Å². The second-order valence-corrected chi connectivity index (χ2v) is 7.19. The molecule has 0 aromatic heterocycles. The lowest BCUT2D eigenvalue weighted by atomic mass is 10.2. The fourth-order valence-corrected chi connectivity index (χ4v) is 3.32. The minimum absolute atomic E-state index is 0.0226. The maximum atomic E-state index is 13.3.